The molecular formula is C19H21N3O2. The van der Waals surface area contributed by atoms with E-state index in [2.05, 4.69) is 24.5 Å². The van der Waals surface area contributed by atoms with Crippen molar-refractivity contribution >= 4 is 11.6 Å². The van der Waals surface area contributed by atoms with Crippen LogP contribution in [-0.4, -0.2) is 5.91 Å². The van der Waals surface area contributed by atoms with E-state index in [0.717, 1.165) is 29.7 Å². The third kappa shape index (κ3) is 4.26. The van der Waals surface area contributed by atoms with Crippen LogP contribution in [0.5, 0.6) is 0 Å². The van der Waals surface area contributed by atoms with Crippen LogP contribution in [0.25, 0.3) is 0 Å². The maximum Gasteiger partial charge on any atom is 0.263 e. The minimum Gasteiger partial charge on any atom is -0.467 e. The molecule has 1 heterocycles. The zero-order valence-corrected chi connectivity index (χ0v) is 13.9. The molecule has 1 aromatic heterocycles. The quantitative estimate of drug-likeness (QED) is 0.603. The minimum absolute atomic E-state index is 0.0227. The maximum atomic E-state index is 12.1. The number of amides is 1. The van der Waals surface area contributed by atoms with E-state index in [9.17, 15) is 10.1 Å². The molecule has 0 atom stereocenters. The molecule has 124 valence electrons. The van der Waals surface area contributed by atoms with E-state index in [-0.39, 0.29) is 12.1 Å². The number of rotatable bonds is 7. The molecule has 5 nitrogen and oxygen atoms in total. The van der Waals surface area contributed by atoms with Gasteiger partial charge in [-0.25, -0.2) is 0 Å². The Balaban J connectivity index is 2.11. The molecule has 5 heteroatoms. The van der Waals surface area contributed by atoms with Gasteiger partial charge in [-0.15, -0.1) is 0 Å². The topological polar surface area (TPSA) is 78.1 Å². The average Bonchev–Trinajstić information content (AvgIpc) is 3.13. The highest BCUT2D eigenvalue weighted by atomic mass is 16.3. The molecule has 0 bridgehead atoms. The van der Waals surface area contributed by atoms with Gasteiger partial charge in [0, 0.05) is 11.9 Å². The summed E-state index contributed by atoms with van der Waals surface area (Å²) >= 11 is 0. The van der Waals surface area contributed by atoms with Crippen molar-refractivity contribution in [2.24, 2.45) is 0 Å². The lowest BCUT2D eigenvalue weighted by Crippen LogP contribution is -2.24. The zero-order valence-electron chi connectivity index (χ0n) is 13.9. The Morgan fingerprint density at radius 3 is 2.46 bits per heavy atom. The van der Waals surface area contributed by atoms with Crippen molar-refractivity contribution in [3.63, 3.8) is 0 Å². The summed E-state index contributed by atoms with van der Waals surface area (Å²) in [6.45, 7) is 4.40. The highest BCUT2D eigenvalue weighted by molar-refractivity contribution is 5.97. The number of nitriles is 1. The number of carbonyl (C=O) groups excluding carboxylic acids is 1. The van der Waals surface area contributed by atoms with Crippen LogP contribution in [-0.2, 0) is 24.2 Å². The van der Waals surface area contributed by atoms with Crippen molar-refractivity contribution in [2.45, 2.75) is 33.2 Å². The van der Waals surface area contributed by atoms with Gasteiger partial charge in [-0.05, 0) is 36.1 Å². The molecular weight excluding hydrogens is 302 g/mol. The summed E-state index contributed by atoms with van der Waals surface area (Å²) in [4.78, 5) is 12.1. The lowest BCUT2D eigenvalue weighted by molar-refractivity contribution is -0.117. The molecule has 2 aromatic rings. The lowest BCUT2D eigenvalue weighted by Gasteiger charge is -2.13. The first-order chi connectivity index (χ1) is 11.7. The molecule has 0 radical (unpaired) electrons. The first kappa shape index (κ1) is 17.4. The van der Waals surface area contributed by atoms with Crippen molar-refractivity contribution in [2.75, 3.05) is 5.32 Å². The Morgan fingerprint density at radius 1 is 1.21 bits per heavy atom. The van der Waals surface area contributed by atoms with Crippen LogP contribution in [0.3, 0.4) is 0 Å². The number of benzene rings is 1. The van der Waals surface area contributed by atoms with Gasteiger partial charge in [-0.2, -0.15) is 5.26 Å². The molecule has 0 spiro atoms. The first-order valence-corrected chi connectivity index (χ1v) is 7.97. The number of nitrogens with zero attached hydrogens (tertiary/aromatic N) is 1. The summed E-state index contributed by atoms with van der Waals surface area (Å²) in [6.07, 6.45) is 4.75. The fourth-order valence-corrected chi connectivity index (χ4v) is 2.40. The third-order valence-corrected chi connectivity index (χ3v) is 3.73. The van der Waals surface area contributed by atoms with Crippen molar-refractivity contribution in [3.05, 3.63) is 65.3 Å². The first-order valence-electron chi connectivity index (χ1n) is 7.97. The van der Waals surface area contributed by atoms with Gasteiger partial charge in [-0.1, -0.05) is 32.0 Å². The molecule has 2 N–H and O–H groups in total. The highest BCUT2D eigenvalue weighted by Crippen LogP contribution is 2.22. The molecule has 0 unspecified atom stereocenters. The molecule has 2 rings (SSSR count). The summed E-state index contributed by atoms with van der Waals surface area (Å²) in [5.74, 6) is 0.201. The van der Waals surface area contributed by atoms with Crippen LogP contribution in [0.4, 0.5) is 5.69 Å². The van der Waals surface area contributed by atoms with E-state index in [1.807, 2.05) is 24.3 Å². The number of furan rings is 1. The van der Waals surface area contributed by atoms with E-state index >= 15 is 0 Å². The van der Waals surface area contributed by atoms with Crippen molar-refractivity contribution in [3.8, 4) is 6.07 Å². The number of para-hydroxylation sites is 1. The predicted molar refractivity (Wildman–Crippen MR) is 93.1 cm³/mol. The normalized spacial score (nSPS) is 11.0. The molecule has 1 aromatic carbocycles. The lowest BCUT2D eigenvalue weighted by atomic mass is 10.0. The second-order valence-corrected chi connectivity index (χ2v) is 5.23. The summed E-state index contributed by atoms with van der Waals surface area (Å²) in [5.41, 5.74) is 3.29. The van der Waals surface area contributed by atoms with Gasteiger partial charge < -0.3 is 15.1 Å². The van der Waals surface area contributed by atoms with E-state index in [1.165, 1.54) is 12.5 Å². The standard InChI is InChI=1S/C19H21N3O2/c1-3-14-7-5-8-15(4-2)18(14)21-12-16(11-20)19(23)22-13-17-9-6-10-24-17/h5-10,12,21H,3-4,13H2,1-2H3,(H,22,23)/b16-12-. The van der Waals surface area contributed by atoms with Gasteiger partial charge in [0.1, 0.15) is 17.4 Å². The van der Waals surface area contributed by atoms with Crippen LogP contribution in [0, 0.1) is 11.3 Å². The van der Waals surface area contributed by atoms with Gasteiger partial charge in [-0.3, -0.25) is 4.79 Å². The molecule has 0 aliphatic carbocycles. The largest absolute Gasteiger partial charge is 0.467 e. The molecule has 0 saturated heterocycles. The molecule has 1 amide bonds. The Hall–Kier alpha value is -3.00. The van der Waals surface area contributed by atoms with Crippen molar-refractivity contribution in [1.82, 2.24) is 5.32 Å². The molecule has 0 fully saturated rings. The van der Waals surface area contributed by atoms with E-state index in [1.54, 1.807) is 12.1 Å². The number of hydrogen-bond acceptors (Lipinski definition) is 4. The Morgan fingerprint density at radius 2 is 1.92 bits per heavy atom. The fraction of sp³-hybridized carbons (Fsp3) is 0.263. The van der Waals surface area contributed by atoms with Gasteiger partial charge >= 0.3 is 0 Å². The smallest absolute Gasteiger partial charge is 0.263 e. The number of anilines is 1. The second-order valence-electron chi connectivity index (χ2n) is 5.23. The molecule has 24 heavy (non-hydrogen) atoms. The summed E-state index contributed by atoms with van der Waals surface area (Å²) in [6, 6.07) is 11.5. The highest BCUT2D eigenvalue weighted by Gasteiger charge is 2.10. The van der Waals surface area contributed by atoms with Crippen LogP contribution in [0.15, 0.2) is 52.8 Å². The van der Waals surface area contributed by atoms with E-state index in [4.69, 9.17) is 4.42 Å². The van der Waals surface area contributed by atoms with E-state index < -0.39 is 5.91 Å². The van der Waals surface area contributed by atoms with Crippen LogP contribution < -0.4 is 10.6 Å². The number of aryl methyl sites for hydroxylation is 2. The monoisotopic (exact) mass is 323 g/mol. The maximum absolute atomic E-state index is 12.1. The fourth-order valence-electron chi connectivity index (χ4n) is 2.40. The van der Waals surface area contributed by atoms with Crippen molar-refractivity contribution in [1.29, 1.82) is 5.26 Å². The second kappa shape index (κ2) is 8.59. The molecule has 0 aliphatic heterocycles. The summed E-state index contributed by atoms with van der Waals surface area (Å²) < 4.78 is 5.15. The van der Waals surface area contributed by atoms with Gasteiger partial charge in [0.25, 0.3) is 5.91 Å². The SMILES string of the molecule is CCc1cccc(CC)c1N/C=C(/C#N)C(=O)NCc1ccco1. The Kier molecular flexibility index (Phi) is 6.21. The molecule has 0 saturated carbocycles. The van der Waals surface area contributed by atoms with Crippen LogP contribution in [0.2, 0.25) is 0 Å². The van der Waals surface area contributed by atoms with Gasteiger partial charge in [0.2, 0.25) is 0 Å². The Bertz CT molecular complexity index is 733. The van der Waals surface area contributed by atoms with E-state index in [0.29, 0.717) is 5.76 Å². The summed E-state index contributed by atoms with van der Waals surface area (Å²) in [7, 11) is 0. The summed E-state index contributed by atoms with van der Waals surface area (Å²) in [5, 5.41) is 15.0. The van der Waals surface area contributed by atoms with Crippen molar-refractivity contribution < 1.29 is 9.21 Å². The number of hydrogen-bond donors (Lipinski definition) is 2. The minimum atomic E-state index is -0.437. The number of nitrogens with one attached hydrogen (secondary N) is 2. The molecule has 0 aliphatic rings. The Labute approximate surface area is 142 Å². The van der Waals surface area contributed by atoms with Gasteiger partial charge in [0.15, 0.2) is 0 Å². The van der Waals surface area contributed by atoms with Crippen LogP contribution in [0.1, 0.15) is 30.7 Å². The number of carbonyl (C=O) groups is 1. The average molecular weight is 323 g/mol. The zero-order chi connectivity index (χ0) is 17.4. The predicted octanol–water partition coefficient (Wildman–Crippen LogP) is 3.54. The third-order valence-electron chi connectivity index (χ3n) is 3.73. The van der Waals surface area contributed by atoms with Gasteiger partial charge in [0.05, 0.1) is 12.8 Å². The van der Waals surface area contributed by atoms with Crippen LogP contribution >= 0.6 is 0 Å².